The van der Waals surface area contributed by atoms with Crippen LogP contribution in [0.5, 0.6) is 0 Å². The van der Waals surface area contributed by atoms with Gasteiger partial charge in [0.2, 0.25) is 0 Å². The van der Waals surface area contributed by atoms with Gasteiger partial charge in [-0.1, -0.05) is 12.8 Å². The molecule has 0 unspecified atom stereocenters. The van der Waals surface area contributed by atoms with E-state index in [9.17, 15) is 4.79 Å². The molecule has 0 aliphatic carbocycles. The van der Waals surface area contributed by atoms with Crippen molar-refractivity contribution in [2.75, 3.05) is 52.9 Å². The second kappa shape index (κ2) is 10.5. The molecule has 2 saturated heterocycles. The van der Waals surface area contributed by atoms with E-state index < -0.39 is 0 Å². The predicted molar refractivity (Wildman–Crippen MR) is 97.2 cm³/mol. The lowest BCUT2D eigenvalue weighted by Gasteiger charge is -2.33. The monoisotopic (exact) mass is 338 g/mol. The van der Waals surface area contributed by atoms with Gasteiger partial charge in [-0.3, -0.25) is 9.79 Å². The third kappa shape index (κ3) is 5.96. The van der Waals surface area contributed by atoms with Crippen LogP contribution in [-0.2, 0) is 9.53 Å². The Morgan fingerprint density at radius 2 is 1.79 bits per heavy atom. The van der Waals surface area contributed by atoms with Crippen molar-refractivity contribution in [3.63, 3.8) is 0 Å². The molecule has 0 radical (unpaired) electrons. The highest BCUT2D eigenvalue weighted by molar-refractivity contribution is 5.80. The maximum absolute atomic E-state index is 11.7. The van der Waals surface area contributed by atoms with E-state index in [1.807, 2.05) is 0 Å². The molecule has 0 spiro atoms. The summed E-state index contributed by atoms with van der Waals surface area (Å²) in [6.45, 7) is 9.05. The van der Waals surface area contributed by atoms with Gasteiger partial charge in [0, 0.05) is 26.2 Å². The van der Waals surface area contributed by atoms with Gasteiger partial charge in [-0.2, -0.15) is 0 Å². The van der Waals surface area contributed by atoms with E-state index in [2.05, 4.69) is 22.0 Å². The van der Waals surface area contributed by atoms with Crippen LogP contribution in [0.25, 0.3) is 0 Å². The average molecular weight is 338 g/mol. The second-order valence-corrected chi connectivity index (χ2v) is 6.78. The quantitative estimate of drug-likeness (QED) is 0.470. The molecule has 0 bridgehead atoms. The number of methoxy groups -OCH3 is 1. The molecule has 0 aromatic carbocycles. The highest BCUT2D eigenvalue weighted by Gasteiger charge is 2.26. The molecule has 2 rings (SSSR count). The Hall–Kier alpha value is -1.30. The van der Waals surface area contributed by atoms with Crippen LogP contribution in [0.2, 0.25) is 0 Å². The number of likely N-dealkylation sites (tertiary alicyclic amines) is 2. The van der Waals surface area contributed by atoms with Crippen LogP contribution in [0, 0.1) is 5.92 Å². The first kappa shape index (κ1) is 19.0. The molecule has 6 heteroatoms. The second-order valence-electron chi connectivity index (χ2n) is 6.78. The molecule has 0 saturated carbocycles. The molecule has 0 atom stereocenters. The Kier molecular flexibility index (Phi) is 8.36. The Morgan fingerprint density at radius 1 is 1.12 bits per heavy atom. The van der Waals surface area contributed by atoms with Crippen molar-refractivity contribution in [3.8, 4) is 0 Å². The molecule has 0 aromatic heterocycles. The van der Waals surface area contributed by atoms with Crippen LogP contribution in [0.4, 0.5) is 0 Å². The summed E-state index contributed by atoms with van der Waals surface area (Å²) >= 11 is 0. The predicted octanol–water partition coefficient (Wildman–Crippen LogP) is 1.71. The van der Waals surface area contributed by atoms with E-state index in [1.54, 1.807) is 0 Å². The van der Waals surface area contributed by atoms with Gasteiger partial charge >= 0.3 is 5.97 Å². The van der Waals surface area contributed by atoms with Crippen molar-refractivity contribution in [2.24, 2.45) is 10.9 Å². The smallest absolute Gasteiger partial charge is 0.308 e. The Balaban J connectivity index is 1.81. The number of carbonyl (C=O) groups is 1. The molecule has 0 aromatic rings. The molecule has 0 amide bonds. The fourth-order valence-corrected chi connectivity index (χ4v) is 3.58. The van der Waals surface area contributed by atoms with Crippen LogP contribution < -0.4 is 5.32 Å². The lowest BCUT2D eigenvalue weighted by molar-refractivity contribution is -0.146. The Labute approximate surface area is 146 Å². The summed E-state index contributed by atoms with van der Waals surface area (Å²) in [6, 6.07) is 0. The number of nitrogens with one attached hydrogen (secondary N) is 1. The number of aliphatic imine (C=N–C) groups is 1. The van der Waals surface area contributed by atoms with Crippen molar-refractivity contribution < 1.29 is 9.53 Å². The number of piperidine rings is 1. The number of guanidine groups is 1. The largest absolute Gasteiger partial charge is 0.469 e. The van der Waals surface area contributed by atoms with Crippen LogP contribution in [0.3, 0.4) is 0 Å². The highest BCUT2D eigenvalue weighted by atomic mass is 16.5. The van der Waals surface area contributed by atoms with E-state index in [4.69, 9.17) is 9.73 Å². The lowest BCUT2D eigenvalue weighted by atomic mass is 9.97. The van der Waals surface area contributed by atoms with Crippen LogP contribution >= 0.6 is 0 Å². The summed E-state index contributed by atoms with van der Waals surface area (Å²) in [5.74, 6) is 0.972. The minimum atomic E-state index is -0.0715. The van der Waals surface area contributed by atoms with Crippen LogP contribution in [-0.4, -0.2) is 74.7 Å². The molecule has 2 fully saturated rings. The highest BCUT2D eigenvalue weighted by Crippen LogP contribution is 2.18. The minimum absolute atomic E-state index is 0.0474. The van der Waals surface area contributed by atoms with Crippen LogP contribution in [0.15, 0.2) is 4.99 Å². The van der Waals surface area contributed by atoms with Gasteiger partial charge in [0.15, 0.2) is 5.96 Å². The number of hydrogen-bond acceptors (Lipinski definition) is 4. The zero-order chi connectivity index (χ0) is 17.2. The van der Waals surface area contributed by atoms with Gasteiger partial charge in [0.25, 0.3) is 0 Å². The third-order valence-electron chi connectivity index (χ3n) is 5.04. The normalized spacial score (nSPS) is 21.4. The first-order valence-electron chi connectivity index (χ1n) is 9.58. The zero-order valence-electron chi connectivity index (χ0n) is 15.4. The first-order valence-corrected chi connectivity index (χ1v) is 9.58. The van der Waals surface area contributed by atoms with Crippen LogP contribution in [0.1, 0.15) is 45.4 Å². The van der Waals surface area contributed by atoms with Crippen molar-refractivity contribution in [3.05, 3.63) is 0 Å². The van der Waals surface area contributed by atoms with Gasteiger partial charge in [-0.15, -0.1) is 0 Å². The molecule has 138 valence electrons. The first-order chi connectivity index (χ1) is 11.7. The van der Waals surface area contributed by atoms with Gasteiger partial charge < -0.3 is 19.9 Å². The van der Waals surface area contributed by atoms with Crippen molar-refractivity contribution in [2.45, 2.75) is 45.4 Å². The summed E-state index contributed by atoms with van der Waals surface area (Å²) in [6.07, 6.45) is 7.09. The number of esters is 1. The Bertz CT molecular complexity index is 398. The van der Waals surface area contributed by atoms with Gasteiger partial charge in [0.05, 0.1) is 19.6 Å². The topological polar surface area (TPSA) is 57.2 Å². The van der Waals surface area contributed by atoms with E-state index in [1.165, 1.54) is 45.9 Å². The molecule has 6 nitrogen and oxygen atoms in total. The molecule has 2 aliphatic heterocycles. The molecule has 2 aliphatic rings. The number of carbonyl (C=O) groups excluding carboxylic acids is 1. The van der Waals surface area contributed by atoms with Gasteiger partial charge in [-0.05, 0) is 45.7 Å². The maximum Gasteiger partial charge on any atom is 0.308 e. The van der Waals surface area contributed by atoms with E-state index in [-0.39, 0.29) is 11.9 Å². The number of nitrogens with zero attached hydrogens (tertiary/aromatic N) is 3. The average Bonchev–Trinajstić information content (AvgIpc) is 2.89. The number of rotatable bonds is 5. The fourth-order valence-electron chi connectivity index (χ4n) is 3.58. The third-order valence-corrected chi connectivity index (χ3v) is 5.04. The fraction of sp³-hybridized carbons (Fsp3) is 0.889. The molecular weight excluding hydrogens is 304 g/mol. The minimum Gasteiger partial charge on any atom is -0.469 e. The molecular formula is C18H34N4O2. The van der Waals surface area contributed by atoms with Gasteiger partial charge in [-0.25, -0.2) is 0 Å². The lowest BCUT2D eigenvalue weighted by Crippen LogP contribution is -2.47. The summed E-state index contributed by atoms with van der Waals surface area (Å²) < 4.78 is 4.87. The van der Waals surface area contributed by atoms with Gasteiger partial charge in [0.1, 0.15) is 0 Å². The maximum atomic E-state index is 11.7. The van der Waals surface area contributed by atoms with E-state index >= 15 is 0 Å². The van der Waals surface area contributed by atoms with E-state index in [0.717, 1.165) is 51.5 Å². The summed E-state index contributed by atoms with van der Waals surface area (Å²) in [5.41, 5.74) is 0. The zero-order valence-corrected chi connectivity index (χ0v) is 15.4. The summed E-state index contributed by atoms with van der Waals surface area (Å²) in [7, 11) is 1.48. The standard InChI is InChI=1S/C18H34N4O2/c1-3-19-18(20-10-15-21-11-6-4-5-7-12-21)22-13-8-16(9-14-22)17(23)24-2/h16H,3-15H2,1-2H3,(H,19,20). The number of ether oxygens (including phenoxy) is 1. The molecule has 2 heterocycles. The van der Waals surface area contributed by atoms with Crippen molar-refractivity contribution in [1.29, 1.82) is 0 Å². The SMILES string of the molecule is CCNC(=NCCN1CCCCCC1)N1CCC(C(=O)OC)CC1. The summed E-state index contributed by atoms with van der Waals surface area (Å²) in [5, 5.41) is 3.40. The van der Waals surface area contributed by atoms with Crippen molar-refractivity contribution in [1.82, 2.24) is 15.1 Å². The summed E-state index contributed by atoms with van der Waals surface area (Å²) in [4.78, 5) is 21.3. The van der Waals surface area contributed by atoms with Crippen molar-refractivity contribution >= 4 is 11.9 Å². The van der Waals surface area contributed by atoms with E-state index in [0.29, 0.717) is 0 Å². The molecule has 24 heavy (non-hydrogen) atoms. The molecule has 1 N–H and O–H groups in total. The Morgan fingerprint density at radius 3 is 2.38 bits per heavy atom. The number of hydrogen-bond donors (Lipinski definition) is 1.